The predicted molar refractivity (Wildman–Crippen MR) is 224 cm³/mol. The second-order valence-electron chi connectivity index (χ2n) is 16.5. The number of phosphoric ester groups is 1. The van der Waals surface area contributed by atoms with Gasteiger partial charge in [-0.2, -0.15) is 0 Å². The lowest BCUT2D eigenvalue weighted by Crippen LogP contribution is -2.37. The van der Waals surface area contributed by atoms with Gasteiger partial charge in [0.05, 0.1) is 40.0 Å². The molecule has 0 saturated carbocycles. The molecule has 1 N–H and O–H groups in total. The van der Waals surface area contributed by atoms with Gasteiger partial charge in [0, 0.05) is 12.8 Å². The van der Waals surface area contributed by atoms with Crippen LogP contribution in [0.3, 0.4) is 0 Å². The van der Waals surface area contributed by atoms with E-state index in [2.05, 4.69) is 38.2 Å². The van der Waals surface area contributed by atoms with Crippen LogP contribution in [0.15, 0.2) is 24.3 Å². The highest BCUT2D eigenvalue weighted by Crippen LogP contribution is 2.43. The van der Waals surface area contributed by atoms with Gasteiger partial charge in [0.2, 0.25) is 0 Å². The topological polar surface area (TPSA) is 121 Å². The van der Waals surface area contributed by atoms with Crippen LogP contribution in [0.4, 0.5) is 0 Å². The minimum absolute atomic E-state index is 0.0264. The molecule has 0 radical (unpaired) electrons. The molecular weight excluding hydrogens is 717 g/mol. The number of hydrogen-bond donors (Lipinski definition) is 1. The number of phosphoric acid groups is 1. The van der Waals surface area contributed by atoms with Crippen molar-refractivity contribution in [1.29, 1.82) is 0 Å². The molecule has 1 fully saturated rings. The Labute approximate surface area is 336 Å². The number of nitrogens with zero attached hydrogens (tertiary/aromatic N) is 1. The first-order valence-corrected chi connectivity index (χ1v) is 23.7. The molecule has 10 nitrogen and oxygen atoms in total. The number of quaternary nitrogens is 1. The molecule has 1 rings (SSSR count). The van der Waals surface area contributed by atoms with E-state index in [0.29, 0.717) is 29.7 Å². The van der Waals surface area contributed by atoms with Crippen LogP contribution in [0.25, 0.3) is 0 Å². The van der Waals surface area contributed by atoms with Gasteiger partial charge in [0.25, 0.3) is 0 Å². The van der Waals surface area contributed by atoms with Gasteiger partial charge in [0.1, 0.15) is 19.8 Å². The Morgan fingerprint density at radius 1 is 0.655 bits per heavy atom. The number of unbranched alkanes of at least 4 members (excludes halogenated alkanes) is 18. The van der Waals surface area contributed by atoms with Crippen LogP contribution in [0.1, 0.15) is 181 Å². The molecule has 0 aromatic rings. The first kappa shape index (κ1) is 51.5. The van der Waals surface area contributed by atoms with E-state index in [9.17, 15) is 19.0 Å². The normalized spacial score (nSPS) is 17.5. The van der Waals surface area contributed by atoms with E-state index in [-0.39, 0.29) is 32.0 Å². The summed E-state index contributed by atoms with van der Waals surface area (Å²) >= 11 is 0. The molecule has 1 aliphatic heterocycles. The zero-order chi connectivity index (χ0) is 40.5. The van der Waals surface area contributed by atoms with Gasteiger partial charge in [-0.1, -0.05) is 128 Å². The zero-order valence-electron chi connectivity index (χ0n) is 35.9. The van der Waals surface area contributed by atoms with Crippen molar-refractivity contribution in [3.05, 3.63) is 24.3 Å². The number of likely N-dealkylation sites (N-methyl/N-ethyl adjacent to an activating group) is 1. The number of esters is 2. The van der Waals surface area contributed by atoms with E-state index in [0.717, 1.165) is 70.6 Å². The minimum atomic E-state index is -4.38. The predicted octanol–water partition coefficient (Wildman–Crippen LogP) is 11.3. The summed E-state index contributed by atoms with van der Waals surface area (Å²) in [7, 11) is 1.46. The van der Waals surface area contributed by atoms with Crippen LogP contribution in [-0.2, 0) is 37.4 Å². The van der Waals surface area contributed by atoms with Gasteiger partial charge in [-0.15, -0.1) is 0 Å². The molecule has 1 saturated heterocycles. The largest absolute Gasteiger partial charge is 0.472 e. The maximum absolute atomic E-state index is 12.7. The molecular formula is C44H83NO9P+. The molecule has 0 aromatic heterocycles. The fourth-order valence-electron chi connectivity index (χ4n) is 6.25. The van der Waals surface area contributed by atoms with Crippen LogP contribution >= 0.6 is 7.82 Å². The molecule has 55 heavy (non-hydrogen) atoms. The fourth-order valence-corrected chi connectivity index (χ4v) is 6.99. The van der Waals surface area contributed by atoms with Crippen molar-refractivity contribution >= 4 is 19.8 Å². The molecule has 1 heterocycles. The molecule has 1 aliphatic rings. The Morgan fingerprint density at radius 2 is 1.16 bits per heavy atom. The third-order valence-corrected chi connectivity index (χ3v) is 10.9. The Morgan fingerprint density at radius 3 is 1.75 bits per heavy atom. The van der Waals surface area contributed by atoms with Crippen LogP contribution in [0.2, 0.25) is 0 Å². The summed E-state index contributed by atoms with van der Waals surface area (Å²) in [5, 5.41) is 0. The molecule has 0 aliphatic carbocycles. The van der Waals surface area contributed by atoms with Gasteiger partial charge >= 0.3 is 19.8 Å². The second-order valence-corrected chi connectivity index (χ2v) is 17.9. The Bertz CT molecular complexity index is 1060. The van der Waals surface area contributed by atoms with E-state index in [1.165, 1.54) is 77.0 Å². The number of carbonyl (C=O) groups is 2. The van der Waals surface area contributed by atoms with Crippen LogP contribution < -0.4 is 0 Å². The molecule has 0 bridgehead atoms. The first-order valence-electron chi connectivity index (χ1n) is 22.2. The quantitative estimate of drug-likeness (QED) is 0.0162. The van der Waals surface area contributed by atoms with Crippen LogP contribution in [0, 0.1) is 0 Å². The lowest BCUT2D eigenvalue weighted by Gasteiger charge is -2.24. The van der Waals surface area contributed by atoms with Crippen LogP contribution in [0.5, 0.6) is 0 Å². The highest BCUT2D eigenvalue weighted by Gasteiger charge is 2.36. The van der Waals surface area contributed by atoms with E-state index >= 15 is 0 Å². The van der Waals surface area contributed by atoms with E-state index < -0.39 is 26.5 Å². The molecule has 4 atom stereocenters. The number of allylic oxidation sites excluding steroid dienone is 3. The van der Waals surface area contributed by atoms with Gasteiger partial charge in [0.15, 0.2) is 6.10 Å². The Hall–Kier alpha value is -1.55. The lowest BCUT2D eigenvalue weighted by atomic mass is 10.1. The summed E-state index contributed by atoms with van der Waals surface area (Å²) in [5.74, 6) is -0.823. The molecule has 0 spiro atoms. The van der Waals surface area contributed by atoms with Gasteiger partial charge < -0.3 is 23.6 Å². The van der Waals surface area contributed by atoms with Crippen molar-refractivity contribution in [1.82, 2.24) is 0 Å². The summed E-state index contributed by atoms with van der Waals surface area (Å²) in [5.41, 5.74) is 0. The highest BCUT2D eigenvalue weighted by molar-refractivity contribution is 7.47. The molecule has 0 amide bonds. The second kappa shape index (κ2) is 33.4. The lowest BCUT2D eigenvalue weighted by molar-refractivity contribution is -0.870. The van der Waals surface area contributed by atoms with E-state index in [1.807, 2.05) is 21.1 Å². The summed E-state index contributed by atoms with van der Waals surface area (Å²) < 4.78 is 40.1. The van der Waals surface area contributed by atoms with Crippen molar-refractivity contribution in [2.75, 3.05) is 47.5 Å². The van der Waals surface area contributed by atoms with Gasteiger partial charge in [-0.05, 0) is 64.2 Å². The highest BCUT2D eigenvalue weighted by atomic mass is 31.2. The summed E-state index contributed by atoms with van der Waals surface area (Å²) in [6.07, 6.45) is 36.7. The average Bonchev–Trinajstić information content (AvgIpc) is 3.89. The summed E-state index contributed by atoms with van der Waals surface area (Å²) in [4.78, 5) is 35.4. The fraction of sp³-hybridized carbons (Fsp3) is 0.864. The number of carbonyl (C=O) groups excluding carboxylic acids is 2. The third-order valence-electron chi connectivity index (χ3n) is 9.88. The number of hydrogen-bond acceptors (Lipinski definition) is 8. The monoisotopic (exact) mass is 801 g/mol. The van der Waals surface area contributed by atoms with Crippen molar-refractivity contribution in [3.63, 3.8) is 0 Å². The summed E-state index contributed by atoms with van der Waals surface area (Å²) in [6.45, 7) is 4.35. The number of rotatable bonds is 39. The smallest absolute Gasteiger partial charge is 0.462 e. The first-order chi connectivity index (χ1) is 26.5. The Balaban J connectivity index is 2.28. The van der Waals surface area contributed by atoms with Crippen molar-refractivity contribution in [3.8, 4) is 0 Å². The number of ether oxygens (including phenoxy) is 3. The van der Waals surface area contributed by atoms with E-state index in [4.69, 9.17) is 23.3 Å². The SMILES string of the molecule is CCCCCC/C=C\CCCCCCCCCC(=O)OC[C@H](COP(=O)(O)OCC[N+](C)(C)C)OC(=O)CCCCCCC/C=C\CC1OC1CCCCC. The van der Waals surface area contributed by atoms with Crippen molar-refractivity contribution < 1.29 is 46.8 Å². The zero-order valence-corrected chi connectivity index (χ0v) is 36.8. The molecule has 322 valence electrons. The van der Waals surface area contributed by atoms with Crippen LogP contribution in [-0.4, -0.2) is 87.1 Å². The van der Waals surface area contributed by atoms with Crippen molar-refractivity contribution in [2.45, 2.75) is 199 Å². The molecule has 11 heteroatoms. The molecule has 0 aromatic carbocycles. The molecule has 3 unspecified atom stereocenters. The van der Waals surface area contributed by atoms with Gasteiger partial charge in [-0.3, -0.25) is 18.6 Å². The maximum Gasteiger partial charge on any atom is 0.472 e. The third kappa shape index (κ3) is 34.2. The average molecular weight is 801 g/mol. The maximum atomic E-state index is 12.7. The summed E-state index contributed by atoms with van der Waals surface area (Å²) in [6, 6.07) is 0. The van der Waals surface area contributed by atoms with Gasteiger partial charge in [-0.25, -0.2) is 4.57 Å². The van der Waals surface area contributed by atoms with Crippen molar-refractivity contribution in [2.24, 2.45) is 0 Å². The van der Waals surface area contributed by atoms with E-state index in [1.54, 1.807) is 0 Å². The number of epoxide rings is 1. The Kier molecular flexibility index (Phi) is 31.3. The minimum Gasteiger partial charge on any atom is -0.462 e. The standard InChI is InChI=1S/C44H82NO9P/c1-6-8-10-11-12-13-14-15-16-17-18-19-23-26-30-34-43(46)50-38-40(39-52-55(48,49)51-37-36-45(3,4)5)53-44(47)35-31-27-24-21-20-22-25-29-33-42-41(54-42)32-28-9-7-2/h13-14,25,29,40-42H,6-12,15-24,26-28,30-39H2,1-5H3/p+1/b14-13-,29-25-/t40-,41?,42?/m1/s1.